The van der Waals surface area contributed by atoms with Crippen molar-refractivity contribution >= 4 is 11.5 Å². The zero-order chi connectivity index (χ0) is 14.5. The first-order valence-corrected chi connectivity index (χ1v) is 6.03. The number of pyridine rings is 1. The average Bonchev–Trinajstić information content (AvgIpc) is 2.44. The molecule has 0 bridgehead atoms. The van der Waals surface area contributed by atoms with E-state index in [2.05, 4.69) is 10.3 Å². The standard InChI is InChI=1S/C12H17N5O2/c1-3-12(14,4-2)8-16-11-9(6-13)5-10(7-15-11)17(18)19/h5,7H,3-4,8,14H2,1-2H3,(H,15,16). The van der Waals surface area contributed by atoms with E-state index in [0.717, 1.165) is 19.0 Å². The SMILES string of the molecule is CCC(N)(CC)CNc1ncc([N+](=O)[O-])cc1C#N. The molecule has 0 amide bonds. The summed E-state index contributed by atoms with van der Waals surface area (Å²) < 4.78 is 0. The second kappa shape index (κ2) is 6.11. The topological polar surface area (TPSA) is 118 Å². The lowest BCUT2D eigenvalue weighted by Crippen LogP contribution is -2.45. The fourth-order valence-electron chi connectivity index (χ4n) is 1.54. The summed E-state index contributed by atoms with van der Waals surface area (Å²) in [6.07, 6.45) is 2.69. The molecule has 0 aliphatic heterocycles. The van der Waals surface area contributed by atoms with E-state index in [0.29, 0.717) is 12.4 Å². The molecular weight excluding hydrogens is 246 g/mol. The monoisotopic (exact) mass is 263 g/mol. The Morgan fingerprint density at radius 2 is 2.21 bits per heavy atom. The highest BCUT2D eigenvalue weighted by Crippen LogP contribution is 2.19. The van der Waals surface area contributed by atoms with Crippen molar-refractivity contribution in [3.05, 3.63) is 27.9 Å². The van der Waals surface area contributed by atoms with E-state index < -0.39 is 4.92 Å². The van der Waals surface area contributed by atoms with Crippen molar-refractivity contribution in [2.24, 2.45) is 5.73 Å². The predicted molar refractivity (Wildman–Crippen MR) is 71.6 cm³/mol. The molecule has 1 aromatic rings. The van der Waals surface area contributed by atoms with Crippen LogP contribution in [0.1, 0.15) is 32.3 Å². The van der Waals surface area contributed by atoms with E-state index in [1.807, 2.05) is 19.9 Å². The molecule has 0 saturated carbocycles. The molecule has 7 heteroatoms. The zero-order valence-corrected chi connectivity index (χ0v) is 11.0. The fourth-order valence-corrected chi connectivity index (χ4v) is 1.54. The van der Waals surface area contributed by atoms with Gasteiger partial charge in [0, 0.05) is 18.2 Å². The van der Waals surface area contributed by atoms with Crippen molar-refractivity contribution in [2.45, 2.75) is 32.2 Å². The highest BCUT2D eigenvalue weighted by molar-refractivity contribution is 5.55. The number of aromatic nitrogens is 1. The Balaban J connectivity index is 2.91. The van der Waals surface area contributed by atoms with E-state index in [4.69, 9.17) is 11.0 Å². The van der Waals surface area contributed by atoms with Crippen LogP contribution in [0.2, 0.25) is 0 Å². The Labute approximate surface area is 111 Å². The molecule has 1 rings (SSSR count). The summed E-state index contributed by atoms with van der Waals surface area (Å²) in [4.78, 5) is 13.9. The molecule has 0 unspecified atom stereocenters. The molecule has 7 nitrogen and oxygen atoms in total. The van der Waals surface area contributed by atoms with Crippen molar-refractivity contribution in [1.29, 1.82) is 5.26 Å². The molecule has 19 heavy (non-hydrogen) atoms. The Morgan fingerprint density at radius 3 is 2.68 bits per heavy atom. The van der Waals surface area contributed by atoms with Crippen LogP contribution in [0.5, 0.6) is 0 Å². The number of hydrogen-bond donors (Lipinski definition) is 2. The largest absolute Gasteiger partial charge is 0.367 e. The molecule has 0 saturated heterocycles. The molecule has 0 radical (unpaired) electrons. The van der Waals surface area contributed by atoms with Gasteiger partial charge in [-0.05, 0) is 12.8 Å². The van der Waals surface area contributed by atoms with Crippen LogP contribution in [0.3, 0.4) is 0 Å². The van der Waals surface area contributed by atoms with Crippen molar-refractivity contribution in [1.82, 2.24) is 4.98 Å². The molecule has 0 spiro atoms. The van der Waals surface area contributed by atoms with E-state index in [1.165, 1.54) is 6.07 Å². The van der Waals surface area contributed by atoms with Crippen molar-refractivity contribution in [3.63, 3.8) is 0 Å². The van der Waals surface area contributed by atoms with E-state index >= 15 is 0 Å². The Bertz CT molecular complexity index is 505. The highest BCUT2D eigenvalue weighted by Gasteiger charge is 2.21. The second-order valence-electron chi connectivity index (χ2n) is 4.38. The summed E-state index contributed by atoms with van der Waals surface area (Å²) in [5.41, 5.74) is 5.69. The molecule has 1 aromatic heterocycles. The van der Waals surface area contributed by atoms with Gasteiger partial charge in [0.1, 0.15) is 23.6 Å². The van der Waals surface area contributed by atoms with Gasteiger partial charge in [-0.1, -0.05) is 13.8 Å². The summed E-state index contributed by atoms with van der Waals surface area (Å²) in [7, 11) is 0. The van der Waals surface area contributed by atoms with Gasteiger partial charge < -0.3 is 11.1 Å². The molecule has 3 N–H and O–H groups in total. The predicted octanol–water partition coefficient (Wildman–Crippen LogP) is 1.79. The summed E-state index contributed by atoms with van der Waals surface area (Å²) in [6.45, 7) is 4.43. The van der Waals surface area contributed by atoms with Crippen molar-refractivity contribution in [3.8, 4) is 6.07 Å². The van der Waals surface area contributed by atoms with E-state index in [9.17, 15) is 10.1 Å². The van der Waals surface area contributed by atoms with Crippen LogP contribution >= 0.6 is 0 Å². The van der Waals surface area contributed by atoms with Crippen molar-refractivity contribution < 1.29 is 4.92 Å². The molecule has 102 valence electrons. The molecule has 0 aromatic carbocycles. The first-order chi connectivity index (χ1) is 8.95. The van der Waals surface area contributed by atoms with Crippen LogP contribution in [0, 0.1) is 21.4 Å². The number of nitrogens with two attached hydrogens (primary N) is 1. The van der Waals surface area contributed by atoms with Gasteiger partial charge in [0.25, 0.3) is 5.69 Å². The Morgan fingerprint density at radius 1 is 1.58 bits per heavy atom. The van der Waals surface area contributed by atoms with Crippen LogP contribution in [0.15, 0.2) is 12.3 Å². The van der Waals surface area contributed by atoms with Gasteiger partial charge in [0.05, 0.1) is 4.92 Å². The van der Waals surface area contributed by atoms with E-state index in [-0.39, 0.29) is 16.8 Å². The number of nitro groups is 1. The molecule has 1 heterocycles. The van der Waals surface area contributed by atoms with Crippen LogP contribution in [-0.2, 0) is 0 Å². The molecule has 0 fully saturated rings. The third-order valence-electron chi connectivity index (χ3n) is 3.22. The lowest BCUT2D eigenvalue weighted by atomic mass is 9.94. The highest BCUT2D eigenvalue weighted by atomic mass is 16.6. The van der Waals surface area contributed by atoms with Gasteiger partial charge in [-0.25, -0.2) is 4.98 Å². The lowest BCUT2D eigenvalue weighted by Gasteiger charge is -2.27. The van der Waals surface area contributed by atoms with Gasteiger partial charge in [-0.2, -0.15) is 5.26 Å². The quantitative estimate of drug-likeness (QED) is 0.596. The number of anilines is 1. The number of nitriles is 1. The van der Waals surface area contributed by atoms with Gasteiger partial charge in [0.2, 0.25) is 0 Å². The summed E-state index contributed by atoms with van der Waals surface area (Å²) in [5.74, 6) is 0.324. The minimum absolute atomic E-state index is 0.142. The first kappa shape index (κ1) is 14.9. The number of nitrogens with zero attached hydrogens (tertiary/aromatic N) is 3. The maximum absolute atomic E-state index is 10.6. The maximum Gasteiger partial charge on any atom is 0.289 e. The maximum atomic E-state index is 10.6. The van der Waals surface area contributed by atoms with Crippen LogP contribution in [0.4, 0.5) is 11.5 Å². The van der Waals surface area contributed by atoms with Crippen LogP contribution < -0.4 is 11.1 Å². The number of nitrogens with one attached hydrogen (secondary N) is 1. The minimum atomic E-state index is -0.580. The lowest BCUT2D eigenvalue weighted by molar-refractivity contribution is -0.385. The van der Waals surface area contributed by atoms with Gasteiger partial charge in [0.15, 0.2) is 0 Å². The van der Waals surface area contributed by atoms with Crippen molar-refractivity contribution in [2.75, 3.05) is 11.9 Å². The minimum Gasteiger partial charge on any atom is -0.367 e. The van der Waals surface area contributed by atoms with Gasteiger partial charge >= 0.3 is 0 Å². The molecule has 0 aliphatic rings. The number of rotatable bonds is 6. The normalized spacial score (nSPS) is 10.8. The Hall–Kier alpha value is -2.20. The Kier molecular flexibility index (Phi) is 4.78. The zero-order valence-electron chi connectivity index (χ0n) is 11.0. The first-order valence-electron chi connectivity index (χ1n) is 6.03. The average molecular weight is 263 g/mol. The molecular formula is C12H17N5O2. The third-order valence-corrected chi connectivity index (χ3v) is 3.22. The number of hydrogen-bond acceptors (Lipinski definition) is 6. The summed E-state index contributed by atoms with van der Waals surface area (Å²) >= 11 is 0. The summed E-state index contributed by atoms with van der Waals surface area (Å²) in [5, 5.41) is 22.6. The fraction of sp³-hybridized carbons (Fsp3) is 0.500. The van der Waals surface area contributed by atoms with Crippen LogP contribution in [-0.4, -0.2) is 22.0 Å². The van der Waals surface area contributed by atoms with Crippen LogP contribution in [0.25, 0.3) is 0 Å². The molecule has 0 aliphatic carbocycles. The van der Waals surface area contributed by atoms with E-state index in [1.54, 1.807) is 0 Å². The molecule has 0 atom stereocenters. The van der Waals surface area contributed by atoms with Gasteiger partial charge in [-0.15, -0.1) is 0 Å². The van der Waals surface area contributed by atoms with Gasteiger partial charge in [-0.3, -0.25) is 10.1 Å². The third kappa shape index (κ3) is 3.63. The second-order valence-corrected chi connectivity index (χ2v) is 4.38. The summed E-state index contributed by atoms with van der Waals surface area (Å²) in [6, 6.07) is 3.09. The smallest absolute Gasteiger partial charge is 0.289 e.